The summed E-state index contributed by atoms with van der Waals surface area (Å²) in [7, 11) is 0. The third-order valence-electron chi connectivity index (χ3n) is 9.28. The molecule has 2 aliphatic carbocycles. The van der Waals surface area contributed by atoms with Crippen molar-refractivity contribution in [3.05, 3.63) is 29.6 Å². The molecule has 3 aliphatic rings. The molecule has 3 fully saturated rings. The van der Waals surface area contributed by atoms with Gasteiger partial charge in [-0.25, -0.2) is 4.79 Å². The maximum atomic E-state index is 15.5. The minimum atomic E-state index is -1.16. The molecule has 2 aromatic heterocycles. The monoisotopic (exact) mass is 920 g/mol. The van der Waals surface area contributed by atoms with E-state index < -0.39 is 74.7 Å². The second kappa shape index (κ2) is 16.7. The quantitative estimate of drug-likeness (QED) is 0.0581. The molecule has 3 heterocycles. The molecule has 2 radical (unpaired) electrons. The first-order valence-electron chi connectivity index (χ1n) is 19.7. The summed E-state index contributed by atoms with van der Waals surface area (Å²) >= 11 is 0.314. The number of fused-ring (bicyclic) bond motifs is 2. The molecule has 6 atom stereocenters. The number of rotatable bonds is 12. The number of halogens is 1. The Kier molecular flexibility index (Phi) is 12.8. The average Bonchev–Trinajstić information content (AvgIpc) is 3.46. The Morgan fingerprint density at radius 3 is 2.35 bits per heavy atom. The first-order chi connectivity index (χ1) is 26.5. The van der Waals surface area contributed by atoms with Crippen molar-refractivity contribution < 1.29 is 42.4 Å². The first kappa shape index (κ1) is 43.8. The fraction of sp³-hybridized carbons (Fsp3) is 0.700. The second-order valence-electron chi connectivity index (χ2n) is 18.3. The van der Waals surface area contributed by atoms with E-state index in [2.05, 4.69) is 38.0 Å². The van der Waals surface area contributed by atoms with Crippen LogP contribution in [0.3, 0.4) is 0 Å². The Bertz CT molecular complexity index is 1950. The van der Waals surface area contributed by atoms with E-state index in [0.29, 0.717) is 29.2 Å². The molecule has 14 nitrogen and oxygen atoms in total. The summed E-state index contributed by atoms with van der Waals surface area (Å²) in [5.41, 5.74) is 0.120. The fourth-order valence-corrected chi connectivity index (χ4v) is 11.2. The van der Waals surface area contributed by atoms with Crippen LogP contribution in [0.2, 0.25) is 3.43 Å². The Hall–Kier alpha value is -2.80. The van der Waals surface area contributed by atoms with Gasteiger partial charge in [0.25, 0.3) is 0 Å². The number of carbonyl (C=O) groups excluding carboxylic acids is 2. The van der Waals surface area contributed by atoms with Crippen molar-refractivity contribution >= 4 is 65.7 Å². The van der Waals surface area contributed by atoms with Gasteiger partial charge in [0.2, 0.25) is 0 Å². The zero-order valence-electron chi connectivity index (χ0n) is 35.2. The van der Waals surface area contributed by atoms with Gasteiger partial charge in [-0.05, 0) is 41.0 Å². The Morgan fingerprint density at radius 2 is 1.70 bits per heavy atom. The summed E-state index contributed by atoms with van der Waals surface area (Å²) in [4.78, 5) is 37.8. The Labute approximate surface area is 349 Å². The third-order valence-corrected chi connectivity index (χ3v) is 14.4. The number of hydrogen-bond acceptors (Lipinski definition) is 13. The van der Waals surface area contributed by atoms with Gasteiger partial charge in [0.05, 0.1) is 12.7 Å². The van der Waals surface area contributed by atoms with Crippen LogP contribution in [-0.4, -0.2) is 119 Å². The van der Waals surface area contributed by atoms with Gasteiger partial charge in [-0.1, -0.05) is 6.92 Å². The van der Waals surface area contributed by atoms with Gasteiger partial charge in [-0.3, -0.25) is 0 Å². The SMILES string of the molecule is CCCSc1nc(N(C(=O)OC(C)(C)C)[C@@H]2C[C@H]2c2cc[c]([Sn][C](C)(C)C)c(F)c2)c2nnn([C@@H]3C[C@H](OCCOC(=O)OC(C)(C)C)[C@H]4OC(C)(C)O[C@H]43)c2n1. The number of benzene rings is 1. The Balaban J connectivity index is 1.33. The number of amides is 1. The molecule has 17 heteroatoms. The number of ether oxygens (including phenoxy) is 6. The molecule has 312 valence electrons. The summed E-state index contributed by atoms with van der Waals surface area (Å²) in [6, 6.07) is 4.80. The van der Waals surface area contributed by atoms with E-state index in [1.165, 1.54) is 11.8 Å². The molecule has 6 rings (SSSR count). The van der Waals surface area contributed by atoms with Gasteiger partial charge in [0.1, 0.15) is 24.4 Å². The number of nitrogens with zero attached hydrogens (tertiary/aromatic N) is 6. The van der Waals surface area contributed by atoms with Crippen molar-refractivity contribution in [2.45, 2.75) is 164 Å². The number of carbonyl (C=O) groups is 2. The topological polar surface area (TPSA) is 149 Å². The molecule has 0 bridgehead atoms. The van der Waals surface area contributed by atoms with Crippen LogP contribution in [0.5, 0.6) is 0 Å². The molecule has 1 aliphatic heterocycles. The fourth-order valence-electron chi connectivity index (χ4n) is 7.14. The van der Waals surface area contributed by atoms with Crippen LogP contribution in [0.25, 0.3) is 11.2 Å². The van der Waals surface area contributed by atoms with Gasteiger partial charge < -0.3 is 23.7 Å². The zero-order valence-corrected chi connectivity index (χ0v) is 38.8. The van der Waals surface area contributed by atoms with Crippen LogP contribution in [0.15, 0.2) is 23.4 Å². The predicted molar refractivity (Wildman–Crippen MR) is 215 cm³/mol. The summed E-state index contributed by atoms with van der Waals surface area (Å²) in [5, 5.41) is 9.71. The maximum absolute atomic E-state index is 15.5. The van der Waals surface area contributed by atoms with E-state index >= 15 is 4.39 Å². The van der Waals surface area contributed by atoms with Crippen LogP contribution in [0, 0.1) is 5.82 Å². The predicted octanol–water partition coefficient (Wildman–Crippen LogP) is 7.51. The summed E-state index contributed by atoms with van der Waals surface area (Å²) in [6.45, 7) is 23.1. The molecule has 0 unspecified atom stereocenters. The van der Waals surface area contributed by atoms with Gasteiger partial charge >= 0.3 is 225 Å². The first-order valence-corrected chi connectivity index (χ1v) is 23.5. The standard InChI is InChI=1S/C36H48FN6O8S.C4H9.Sn/c1-10-16-52-31-38-29(42(32(44)50-34(2,3)4)23-18-22(23)20-12-11-13-21(37)17-20)26-30(39-31)43(41-40-26)24-19-25(28-27(24)48-36(8,9)49-28)46-14-15-47-33(45)51-35(5,6)7;1-4(2)3;/h11-12,17,22-25,27-28H,10,14-16,18-19H2,1-9H3;1-3H3;/t22-,23+,24+,25-,27-,28+;;/m0../s1. The number of hydrogen-bond donors (Lipinski definition) is 0. The summed E-state index contributed by atoms with van der Waals surface area (Å²) in [6.07, 6.45) is -0.785. The molecule has 0 spiro atoms. The molecular formula is C40H57FN6O8SSn. The van der Waals surface area contributed by atoms with Gasteiger partial charge in [0, 0.05) is 6.42 Å². The molecule has 57 heavy (non-hydrogen) atoms. The normalized spacial score (nSPS) is 24.4. The molecule has 1 saturated heterocycles. The number of aromatic nitrogens is 5. The van der Waals surface area contributed by atoms with Crippen LogP contribution >= 0.6 is 11.8 Å². The minimum absolute atomic E-state index is 0.00293. The van der Waals surface area contributed by atoms with Crippen LogP contribution < -0.4 is 8.48 Å². The third kappa shape index (κ3) is 10.9. The van der Waals surface area contributed by atoms with Crippen LogP contribution in [0.4, 0.5) is 19.8 Å². The molecular weight excluding hydrogens is 862 g/mol. The van der Waals surface area contributed by atoms with Crippen molar-refractivity contribution in [3.63, 3.8) is 0 Å². The van der Waals surface area contributed by atoms with E-state index in [1.54, 1.807) is 36.4 Å². The van der Waals surface area contributed by atoms with Crippen molar-refractivity contribution in [2.75, 3.05) is 23.9 Å². The molecule has 2 saturated carbocycles. The van der Waals surface area contributed by atoms with Crippen LogP contribution in [-0.2, 0) is 28.4 Å². The molecule has 1 aromatic carbocycles. The van der Waals surface area contributed by atoms with E-state index in [0.717, 1.165) is 21.3 Å². The van der Waals surface area contributed by atoms with Gasteiger partial charge in [-0.2, -0.15) is 0 Å². The van der Waals surface area contributed by atoms with Crippen molar-refractivity contribution in [3.8, 4) is 0 Å². The summed E-state index contributed by atoms with van der Waals surface area (Å²) in [5.74, 6) is -0.176. The van der Waals surface area contributed by atoms with Crippen molar-refractivity contribution in [1.29, 1.82) is 0 Å². The van der Waals surface area contributed by atoms with Crippen molar-refractivity contribution in [2.24, 2.45) is 0 Å². The van der Waals surface area contributed by atoms with Crippen LogP contribution in [0.1, 0.15) is 120 Å². The second-order valence-corrected chi connectivity index (χ2v) is 25.9. The van der Waals surface area contributed by atoms with Crippen molar-refractivity contribution in [1.82, 2.24) is 25.0 Å². The van der Waals surface area contributed by atoms with E-state index in [4.69, 9.17) is 38.4 Å². The van der Waals surface area contributed by atoms with E-state index in [1.807, 2.05) is 46.8 Å². The molecule has 0 N–H and O–H groups in total. The Morgan fingerprint density at radius 1 is 1.00 bits per heavy atom. The van der Waals surface area contributed by atoms with E-state index in [9.17, 15) is 9.59 Å². The van der Waals surface area contributed by atoms with E-state index in [-0.39, 0.29) is 40.2 Å². The average molecular weight is 920 g/mol. The number of anilines is 1. The van der Waals surface area contributed by atoms with Gasteiger partial charge in [-0.15, -0.1) is 0 Å². The molecule has 1 amide bonds. The van der Waals surface area contributed by atoms with Gasteiger partial charge in [0.15, 0.2) is 5.79 Å². The zero-order chi connectivity index (χ0) is 41.7. The number of thioether (sulfide) groups is 1. The summed E-state index contributed by atoms with van der Waals surface area (Å²) < 4.78 is 53.7. The molecule has 3 aromatic rings.